The van der Waals surface area contributed by atoms with Gasteiger partial charge >= 0.3 is 0 Å². The van der Waals surface area contributed by atoms with Crippen LogP contribution in [0.25, 0.3) is 0 Å². The Bertz CT molecular complexity index is 218. The maximum absolute atomic E-state index is 10.9. The number of amides is 1. The zero-order chi connectivity index (χ0) is 11.8. The van der Waals surface area contributed by atoms with E-state index in [1.165, 1.54) is 0 Å². The van der Waals surface area contributed by atoms with Crippen LogP contribution in [0, 0.1) is 0 Å². The predicted octanol–water partition coefficient (Wildman–Crippen LogP) is 1.93. The molecule has 0 rings (SSSR count). The van der Waals surface area contributed by atoms with Crippen molar-refractivity contribution >= 4 is 5.91 Å². The Morgan fingerprint density at radius 2 is 1.80 bits per heavy atom. The minimum Gasteiger partial charge on any atom is -0.366 e. The van der Waals surface area contributed by atoms with Gasteiger partial charge in [-0.2, -0.15) is 0 Å². The summed E-state index contributed by atoms with van der Waals surface area (Å²) in [5.41, 5.74) is 5.86. The lowest BCUT2D eigenvalue weighted by atomic mass is 10.1. The highest BCUT2D eigenvalue weighted by Gasteiger charge is 2.10. The number of hydrogen-bond acceptors (Lipinski definition) is 2. The summed E-state index contributed by atoms with van der Waals surface area (Å²) in [6.07, 6.45) is 4.22. The quantitative estimate of drug-likeness (QED) is 0.655. The van der Waals surface area contributed by atoms with Crippen molar-refractivity contribution in [3.63, 3.8) is 0 Å². The van der Waals surface area contributed by atoms with Crippen molar-refractivity contribution in [3.8, 4) is 0 Å². The topological polar surface area (TPSA) is 46.3 Å². The molecule has 0 radical (unpaired) electrons. The van der Waals surface area contributed by atoms with Gasteiger partial charge < -0.3 is 5.73 Å². The molecule has 3 nitrogen and oxygen atoms in total. The first-order valence-corrected chi connectivity index (χ1v) is 5.75. The lowest BCUT2D eigenvalue weighted by Gasteiger charge is -2.26. The monoisotopic (exact) mass is 212 g/mol. The molecule has 0 aliphatic heterocycles. The van der Waals surface area contributed by atoms with E-state index in [1.807, 2.05) is 6.08 Å². The lowest BCUT2D eigenvalue weighted by Crippen LogP contribution is -2.33. The van der Waals surface area contributed by atoms with Crippen LogP contribution in [0.3, 0.4) is 0 Å². The number of primary amides is 1. The summed E-state index contributed by atoms with van der Waals surface area (Å²) >= 11 is 0. The molecule has 0 heterocycles. The van der Waals surface area contributed by atoms with Crippen LogP contribution in [0.5, 0.6) is 0 Å². The van der Waals surface area contributed by atoms with Gasteiger partial charge in [0, 0.05) is 11.6 Å². The molecule has 0 saturated heterocycles. The van der Waals surface area contributed by atoms with Gasteiger partial charge in [0.15, 0.2) is 0 Å². The molecule has 88 valence electrons. The Kier molecular flexibility index (Phi) is 7.05. The highest BCUT2D eigenvalue weighted by molar-refractivity contribution is 5.91. The van der Waals surface area contributed by atoms with Gasteiger partial charge in [0.2, 0.25) is 5.91 Å². The van der Waals surface area contributed by atoms with Crippen molar-refractivity contribution in [3.05, 3.63) is 11.6 Å². The van der Waals surface area contributed by atoms with Crippen molar-refractivity contribution in [1.82, 2.24) is 4.90 Å². The normalized spacial score (nSPS) is 14.3. The summed E-state index contributed by atoms with van der Waals surface area (Å²) in [6, 6.07) is 0.289. The van der Waals surface area contributed by atoms with Gasteiger partial charge in [-0.05, 0) is 39.8 Å². The average molecular weight is 212 g/mol. The van der Waals surface area contributed by atoms with Gasteiger partial charge in [-0.3, -0.25) is 9.69 Å². The molecule has 0 fully saturated rings. The van der Waals surface area contributed by atoms with Crippen molar-refractivity contribution in [1.29, 1.82) is 0 Å². The molecule has 2 N–H and O–H groups in total. The SMILES string of the molecule is CCCN(CCC)C(C)C=C(C)C(N)=O. The fourth-order valence-corrected chi connectivity index (χ4v) is 1.64. The van der Waals surface area contributed by atoms with E-state index in [9.17, 15) is 4.79 Å². The van der Waals surface area contributed by atoms with Crippen LogP contribution in [0.1, 0.15) is 40.5 Å². The molecule has 1 amide bonds. The zero-order valence-electron chi connectivity index (χ0n) is 10.4. The number of carbonyl (C=O) groups is 1. The molecule has 0 aromatic carbocycles. The third-order valence-corrected chi connectivity index (χ3v) is 2.48. The number of carbonyl (C=O) groups excluding carboxylic acids is 1. The van der Waals surface area contributed by atoms with Crippen molar-refractivity contribution in [2.45, 2.75) is 46.6 Å². The summed E-state index contributed by atoms with van der Waals surface area (Å²) < 4.78 is 0. The fraction of sp³-hybridized carbons (Fsp3) is 0.750. The number of nitrogens with two attached hydrogens (primary N) is 1. The number of hydrogen-bond donors (Lipinski definition) is 1. The first-order chi connectivity index (χ1) is 7.02. The minimum atomic E-state index is -0.324. The second-order valence-electron chi connectivity index (χ2n) is 3.99. The Labute approximate surface area is 93.3 Å². The maximum Gasteiger partial charge on any atom is 0.244 e. The van der Waals surface area contributed by atoms with E-state index in [-0.39, 0.29) is 11.9 Å². The van der Waals surface area contributed by atoms with Gasteiger partial charge in [-0.15, -0.1) is 0 Å². The molecule has 0 aliphatic rings. The smallest absolute Gasteiger partial charge is 0.244 e. The Balaban J connectivity index is 4.41. The van der Waals surface area contributed by atoms with E-state index < -0.39 is 0 Å². The van der Waals surface area contributed by atoms with Crippen LogP contribution < -0.4 is 5.73 Å². The molecule has 0 bridgehead atoms. The van der Waals surface area contributed by atoms with Crippen molar-refractivity contribution in [2.24, 2.45) is 5.73 Å². The second kappa shape index (κ2) is 7.46. The molecule has 3 heteroatoms. The molecular weight excluding hydrogens is 188 g/mol. The lowest BCUT2D eigenvalue weighted by molar-refractivity contribution is -0.114. The average Bonchev–Trinajstić information content (AvgIpc) is 2.17. The highest BCUT2D eigenvalue weighted by atomic mass is 16.1. The largest absolute Gasteiger partial charge is 0.366 e. The minimum absolute atomic E-state index is 0.289. The van der Waals surface area contributed by atoms with Crippen LogP contribution in [-0.2, 0) is 4.79 Å². The van der Waals surface area contributed by atoms with Crippen LogP contribution in [0.15, 0.2) is 11.6 Å². The van der Waals surface area contributed by atoms with Gasteiger partial charge in [0.25, 0.3) is 0 Å². The van der Waals surface area contributed by atoms with Crippen LogP contribution in [0.2, 0.25) is 0 Å². The number of rotatable bonds is 7. The van der Waals surface area contributed by atoms with Gasteiger partial charge in [-0.25, -0.2) is 0 Å². The predicted molar refractivity (Wildman–Crippen MR) is 64.6 cm³/mol. The molecule has 0 spiro atoms. The van der Waals surface area contributed by atoms with E-state index in [2.05, 4.69) is 25.7 Å². The molecule has 0 aromatic rings. The summed E-state index contributed by atoms with van der Waals surface area (Å²) in [5, 5.41) is 0. The van der Waals surface area contributed by atoms with Crippen molar-refractivity contribution in [2.75, 3.05) is 13.1 Å². The highest BCUT2D eigenvalue weighted by Crippen LogP contribution is 2.06. The Hall–Kier alpha value is -0.830. The standard InChI is InChI=1S/C12H24N2O/c1-5-7-14(8-6-2)11(4)9-10(3)12(13)15/h9,11H,5-8H2,1-4H3,(H2,13,15). The molecular formula is C12H24N2O. The van der Waals surface area contributed by atoms with E-state index in [0.29, 0.717) is 5.57 Å². The van der Waals surface area contributed by atoms with E-state index >= 15 is 0 Å². The van der Waals surface area contributed by atoms with Crippen LogP contribution >= 0.6 is 0 Å². The summed E-state index contributed by atoms with van der Waals surface area (Å²) in [5.74, 6) is -0.324. The summed E-state index contributed by atoms with van der Waals surface area (Å²) in [6.45, 7) is 10.3. The summed E-state index contributed by atoms with van der Waals surface area (Å²) in [4.78, 5) is 13.3. The molecule has 1 atom stereocenters. The Morgan fingerprint density at radius 3 is 2.13 bits per heavy atom. The van der Waals surface area contributed by atoms with Crippen LogP contribution in [0.4, 0.5) is 0 Å². The third kappa shape index (κ3) is 5.57. The maximum atomic E-state index is 10.9. The molecule has 0 saturated carbocycles. The van der Waals surface area contributed by atoms with E-state index in [0.717, 1.165) is 25.9 Å². The van der Waals surface area contributed by atoms with Gasteiger partial charge in [-0.1, -0.05) is 19.9 Å². The molecule has 1 unspecified atom stereocenters. The van der Waals surface area contributed by atoms with Gasteiger partial charge in [0.1, 0.15) is 0 Å². The van der Waals surface area contributed by atoms with Crippen LogP contribution in [-0.4, -0.2) is 29.9 Å². The first kappa shape index (κ1) is 14.2. The summed E-state index contributed by atoms with van der Waals surface area (Å²) in [7, 11) is 0. The van der Waals surface area contributed by atoms with E-state index in [4.69, 9.17) is 5.73 Å². The molecule has 0 aromatic heterocycles. The molecule has 0 aliphatic carbocycles. The van der Waals surface area contributed by atoms with Crippen molar-refractivity contribution < 1.29 is 4.79 Å². The zero-order valence-corrected chi connectivity index (χ0v) is 10.4. The third-order valence-electron chi connectivity index (χ3n) is 2.48. The van der Waals surface area contributed by atoms with Gasteiger partial charge in [0.05, 0.1) is 0 Å². The first-order valence-electron chi connectivity index (χ1n) is 5.75. The molecule has 15 heavy (non-hydrogen) atoms. The Morgan fingerprint density at radius 1 is 1.33 bits per heavy atom. The second-order valence-corrected chi connectivity index (χ2v) is 3.99. The van der Waals surface area contributed by atoms with E-state index in [1.54, 1.807) is 6.92 Å². The fourth-order valence-electron chi connectivity index (χ4n) is 1.64. The number of nitrogens with zero attached hydrogens (tertiary/aromatic N) is 1.